The Hall–Kier alpha value is -2.96. The van der Waals surface area contributed by atoms with Crippen molar-refractivity contribution in [3.8, 4) is 0 Å². The van der Waals surface area contributed by atoms with Gasteiger partial charge in [-0.3, -0.25) is 13.9 Å². The first-order valence-electron chi connectivity index (χ1n) is 7.15. The average molecular weight is 311 g/mol. The van der Waals surface area contributed by atoms with E-state index < -0.39 is 5.69 Å². The number of hydrogen-bond acceptors (Lipinski definition) is 5. The van der Waals surface area contributed by atoms with E-state index in [1.165, 1.54) is 11.6 Å². The van der Waals surface area contributed by atoms with Gasteiger partial charge in [0.1, 0.15) is 11.2 Å². The van der Waals surface area contributed by atoms with Gasteiger partial charge in [-0.2, -0.15) is 0 Å². The van der Waals surface area contributed by atoms with Gasteiger partial charge in [0.2, 0.25) is 0 Å². The van der Waals surface area contributed by atoms with Crippen molar-refractivity contribution in [2.75, 3.05) is 5.32 Å². The van der Waals surface area contributed by atoms with Gasteiger partial charge in [0.25, 0.3) is 5.56 Å². The molecule has 23 heavy (non-hydrogen) atoms. The molecule has 3 heterocycles. The average Bonchev–Trinajstić information content (AvgIpc) is 2.54. The molecule has 1 N–H and O–H groups in total. The second-order valence-electron chi connectivity index (χ2n) is 5.51. The molecule has 0 spiro atoms. The van der Waals surface area contributed by atoms with Crippen LogP contribution in [0.2, 0.25) is 0 Å². The van der Waals surface area contributed by atoms with Crippen LogP contribution in [0.25, 0.3) is 11.0 Å². The lowest BCUT2D eigenvalue weighted by Gasteiger charge is -2.15. The number of hydrogen-bond donors (Lipinski definition) is 1. The largest absolute Gasteiger partial charge is 0.339 e. The van der Waals surface area contributed by atoms with Crippen LogP contribution in [0.5, 0.6) is 0 Å². The molecule has 0 aromatic carbocycles. The summed E-state index contributed by atoms with van der Waals surface area (Å²) in [6, 6.07) is 3.78. The van der Waals surface area contributed by atoms with Gasteiger partial charge < -0.3 is 5.32 Å². The molecular weight excluding hydrogens is 294 g/mol. The predicted molar refractivity (Wildman–Crippen MR) is 89.2 cm³/mol. The van der Waals surface area contributed by atoms with Crippen molar-refractivity contribution in [1.82, 2.24) is 19.1 Å². The molecule has 0 fully saturated rings. The molecule has 0 aliphatic heterocycles. The molecule has 0 saturated heterocycles. The van der Waals surface area contributed by atoms with Crippen molar-refractivity contribution < 1.29 is 0 Å². The first-order valence-corrected chi connectivity index (χ1v) is 7.15. The number of rotatable bonds is 2. The Balaban J connectivity index is 2.37. The maximum absolute atomic E-state index is 12.6. The first kappa shape index (κ1) is 15.0. The monoisotopic (exact) mass is 311 g/mol. The van der Waals surface area contributed by atoms with Crippen LogP contribution in [-0.4, -0.2) is 19.1 Å². The zero-order valence-electron chi connectivity index (χ0n) is 13.4. The summed E-state index contributed by atoms with van der Waals surface area (Å²) in [4.78, 5) is 33.2. The van der Waals surface area contributed by atoms with Crippen molar-refractivity contribution in [2.45, 2.75) is 13.8 Å². The van der Waals surface area contributed by atoms with Gasteiger partial charge in [-0.25, -0.2) is 14.8 Å². The van der Waals surface area contributed by atoms with Crippen molar-refractivity contribution in [2.24, 2.45) is 14.1 Å². The molecule has 0 aliphatic carbocycles. The molecule has 0 bridgehead atoms. The smallest absolute Gasteiger partial charge is 0.332 e. The topological polar surface area (TPSA) is 81.8 Å². The number of anilines is 2. The van der Waals surface area contributed by atoms with Crippen LogP contribution >= 0.6 is 0 Å². The number of pyridine rings is 2. The molecule has 0 amide bonds. The molecule has 3 aromatic rings. The van der Waals surface area contributed by atoms with Gasteiger partial charge in [-0.1, -0.05) is 6.07 Å². The lowest BCUT2D eigenvalue weighted by molar-refractivity contribution is 0.707. The third kappa shape index (κ3) is 2.30. The summed E-state index contributed by atoms with van der Waals surface area (Å²) >= 11 is 0. The Morgan fingerprint density at radius 1 is 1.04 bits per heavy atom. The van der Waals surface area contributed by atoms with E-state index in [-0.39, 0.29) is 5.56 Å². The van der Waals surface area contributed by atoms with Gasteiger partial charge in [-0.15, -0.1) is 0 Å². The fourth-order valence-corrected chi connectivity index (χ4v) is 2.52. The SMILES string of the molecule is Cc1cccnc1Nc1c(C)cnc2c1c(=O)n(C)c(=O)n2C. The molecular formula is C16H17N5O2. The van der Waals surface area contributed by atoms with E-state index in [0.29, 0.717) is 22.5 Å². The maximum atomic E-state index is 12.6. The Labute approximate surface area is 132 Å². The Morgan fingerprint density at radius 2 is 1.78 bits per heavy atom. The van der Waals surface area contributed by atoms with E-state index in [4.69, 9.17) is 0 Å². The minimum atomic E-state index is -0.404. The van der Waals surface area contributed by atoms with Gasteiger partial charge in [0.05, 0.1) is 5.69 Å². The summed E-state index contributed by atoms with van der Waals surface area (Å²) in [6.45, 7) is 3.79. The molecule has 3 rings (SSSR count). The highest BCUT2D eigenvalue weighted by Gasteiger charge is 2.16. The van der Waals surface area contributed by atoms with Crippen LogP contribution in [0, 0.1) is 13.8 Å². The zero-order chi connectivity index (χ0) is 16.7. The highest BCUT2D eigenvalue weighted by Crippen LogP contribution is 2.26. The van der Waals surface area contributed by atoms with E-state index in [1.54, 1.807) is 19.4 Å². The first-order chi connectivity index (χ1) is 10.9. The van der Waals surface area contributed by atoms with E-state index in [0.717, 1.165) is 15.7 Å². The summed E-state index contributed by atoms with van der Waals surface area (Å²) in [5.74, 6) is 0.666. The van der Waals surface area contributed by atoms with Crippen molar-refractivity contribution in [3.63, 3.8) is 0 Å². The highest BCUT2D eigenvalue weighted by atomic mass is 16.2. The zero-order valence-corrected chi connectivity index (χ0v) is 13.4. The molecule has 7 heteroatoms. The molecule has 7 nitrogen and oxygen atoms in total. The lowest BCUT2D eigenvalue weighted by Crippen LogP contribution is -2.37. The number of nitrogens with zero attached hydrogens (tertiary/aromatic N) is 4. The van der Waals surface area contributed by atoms with Crippen molar-refractivity contribution in [3.05, 3.63) is 56.5 Å². The quantitative estimate of drug-likeness (QED) is 0.773. The standard InChI is InChI=1S/C16H17N5O2/c1-9-6-5-7-17-13(9)19-12-10(2)8-18-14-11(12)15(22)21(4)16(23)20(14)3/h5-8H,1-4H3,(H,17,18,19). The Kier molecular flexibility index (Phi) is 3.48. The summed E-state index contributed by atoms with van der Waals surface area (Å²) < 4.78 is 2.45. The number of nitrogens with one attached hydrogen (secondary N) is 1. The van der Waals surface area contributed by atoms with Gasteiger partial charge >= 0.3 is 5.69 Å². The normalized spacial score (nSPS) is 11.0. The number of aromatic nitrogens is 4. The van der Waals surface area contributed by atoms with Gasteiger partial charge in [-0.05, 0) is 31.0 Å². The summed E-state index contributed by atoms with van der Waals surface area (Å²) in [6.07, 6.45) is 3.32. The molecule has 0 radical (unpaired) electrons. The molecule has 0 unspecified atom stereocenters. The van der Waals surface area contributed by atoms with Crippen molar-refractivity contribution >= 4 is 22.5 Å². The van der Waals surface area contributed by atoms with Crippen LogP contribution < -0.4 is 16.6 Å². The summed E-state index contributed by atoms with van der Waals surface area (Å²) in [7, 11) is 3.06. The van der Waals surface area contributed by atoms with E-state index >= 15 is 0 Å². The second-order valence-corrected chi connectivity index (χ2v) is 5.51. The van der Waals surface area contributed by atoms with Crippen molar-refractivity contribution in [1.29, 1.82) is 0 Å². The molecule has 0 saturated carbocycles. The van der Waals surface area contributed by atoms with Crippen LogP contribution in [0.15, 0.2) is 34.1 Å². The van der Waals surface area contributed by atoms with Crippen LogP contribution in [0.4, 0.5) is 11.5 Å². The van der Waals surface area contributed by atoms with Gasteiger partial charge in [0.15, 0.2) is 5.65 Å². The van der Waals surface area contributed by atoms with E-state index in [9.17, 15) is 9.59 Å². The van der Waals surface area contributed by atoms with E-state index in [1.807, 2.05) is 26.0 Å². The highest BCUT2D eigenvalue weighted by molar-refractivity contribution is 5.92. The fourth-order valence-electron chi connectivity index (χ4n) is 2.52. The van der Waals surface area contributed by atoms with Crippen LogP contribution in [0.1, 0.15) is 11.1 Å². The third-order valence-electron chi connectivity index (χ3n) is 3.91. The molecule has 118 valence electrons. The van der Waals surface area contributed by atoms with Crippen LogP contribution in [-0.2, 0) is 14.1 Å². The Morgan fingerprint density at radius 3 is 2.48 bits per heavy atom. The lowest BCUT2D eigenvalue weighted by atomic mass is 10.1. The Bertz CT molecular complexity index is 1030. The predicted octanol–water partition coefficient (Wildman–Crippen LogP) is 1.39. The minimum Gasteiger partial charge on any atom is -0.339 e. The van der Waals surface area contributed by atoms with Gasteiger partial charge in [0, 0.05) is 26.5 Å². The van der Waals surface area contributed by atoms with Crippen LogP contribution in [0.3, 0.4) is 0 Å². The molecule has 0 atom stereocenters. The number of fused-ring (bicyclic) bond motifs is 1. The minimum absolute atomic E-state index is 0.347. The number of aryl methyl sites for hydroxylation is 3. The molecule has 3 aromatic heterocycles. The third-order valence-corrected chi connectivity index (χ3v) is 3.91. The summed E-state index contributed by atoms with van der Waals surface area (Å²) in [5, 5.41) is 3.59. The molecule has 0 aliphatic rings. The fraction of sp³-hybridized carbons (Fsp3) is 0.250. The maximum Gasteiger partial charge on any atom is 0.332 e. The second kappa shape index (κ2) is 5.35. The summed E-state index contributed by atoms with van der Waals surface area (Å²) in [5.41, 5.74) is 1.94. The van der Waals surface area contributed by atoms with E-state index in [2.05, 4.69) is 15.3 Å².